The Balaban J connectivity index is 2.46. The molecule has 1 N–H and O–H groups in total. The number of halogens is 2. The van der Waals surface area contributed by atoms with E-state index in [0.717, 1.165) is 16.1 Å². The van der Waals surface area contributed by atoms with Gasteiger partial charge < -0.3 is 10.2 Å². The second-order valence-electron chi connectivity index (χ2n) is 10.2. The van der Waals surface area contributed by atoms with E-state index in [1.54, 1.807) is 37.3 Å². The fourth-order valence-corrected chi connectivity index (χ4v) is 4.92. The van der Waals surface area contributed by atoms with E-state index in [1.807, 2.05) is 46.8 Å². The second kappa shape index (κ2) is 11.8. The van der Waals surface area contributed by atoms with Gasteiger partial charge in [-0.25, -0.2) is 8.42 Å². The predicted octanol–water partition coefficient (Wildman–Crippen LogP) is 5.21. The normalized spacial score (nSPS) is 12.8. The van der Waals surface area contributed by atoms with Gasteiger partial charge in [-0.1, -0.05) is 55.2 Å². The first-order valence-corrected chi connectivity index (χ1v) is 14.2. The lowest BCUT2D eigenvalue weighted by atomic mass is 10.0. The van der Waals surface area contributed by atoms with Crippen molar-refractivity contribution in [3.8, 4) is 0 Å². The molecule has 0 aromatic heterocycles. The zero-order valence-electron chi connectivity index (χ0n) is 21.8. The third-order valence-corrected chi connectivity index (χ3v) is 7.43. The Hall–Kier alpha value is -2.29. The van der Waals surface area contributed by atoms with Crippen LogP contribution in [-0.2, 0) is 26.2 Å². The molecule has 0 aliphatic carbocycles. The molecule has 10 heteroatoms. The number of sulfonamides is 1. The highest BCUT2D eigenvalue weighted by molar-refractivity contribution is 7.92. The van der Waals surface area contributed by atoms with Crippen molar-refractivity contribution in [2.45, 2.75) is 65.6 Å². The minimum Gasteiger partial charge on any atom is -0.350 e. The van der Waals surface area contributed by atoms with Gasteiger partial charge in [-0.2, -0.15) is 0 Å². The summed E-state index contributed by atoms with van der Waals surface area (Å²) in [6, 6.07) is 11.1. The van der Waals surface area contributed by atoms with Crippen LogP contribution < -0.4 is 9.62 Å². The second-order valence-corrected chi connectivity index (χ2v) is 12.9. The zero-order chi connectivity index (χ0) is 27.4. The van der Waals surface area contributed by atoms with E-state index in [2.05, 4.69) is 5.32 Å². The van der Waals surface area contributed by atoms with E-state index >= 15 is 0 Å². The van der Waals surface area contributed by atoms with Crippen molar-refractivity contribution in [2.24, 2.45) is 0 Å². The van der Waals surface area contributed by atoms with Gasteiger partial charge in [-0.15, -0.1) is 0 Å². The number of hydrogen-bond acceptors (Lipinski definition) is 4. The first kappa shape index (κ1) is 29.9. The highest BCUT2D eigenvalue weighted by atomic mass is 35.5. The minimum absolute atomic E-state index is 0.0695. The van der Waals surface area contributed by atoms with Gasteiger partial charge in [0.05, 0.1) is 11.9 Å². The summed E-state index contributed by atoms with van der Waals surface area (Å²) in [5.74, 6) is -0.683. The van der Waals surface area contributed by atoms with Crippen molar-refractivity contribution in [1.29, 1.82) is 0 Å². The van der Waals surface area contributed by atoms with E-state index in [4.69, 9.17) is 23.2 Å². The van der Waals surface area contributed by atoms with Gasteiger partial charge in [-0.3, -0.25) is 13.9 Å². The molecule has 0 aliphatic heterocycles. The van der Waals surface area contributed by atoms with Crippen LogP contribution in [0, 0.1) is 0 Å². The lowest BCUT2D eigenvalue weighted by Gasteiger charge is -2.33. The smallest absolute Gasteiger partial charge is 0.244 e. The van der Waals surface area contributed by atoms with E-state index in [9.17, 15) is 18.0 Å². The number of anilines is 1. The Labute approximate surface area is 224 Å². The molecule has 0 radical (unpaired) electrons. The molecule has 0 fully saturated rings. The standard InChI is InChI=1S/C26H35Cl2N3O4S/c1-17(2)19-11-13-20(14-12-19)31(36(7,34)35)16-24(32)30(18(3)25(33)29-26(4,5)6)15-21-22(27)9-8-10-23(21)28/h8-14,17-18H,15-16H2,1-7H3,(H,29,33). The summed E-state index contributed by atoms with van der Waals surface area (Å²) in [5.41, 5.74) is 1.34. The maximum absolute atomic E-state index is 13.6. The molecule has 1 unspecified atom stereocenters. The Morgan fingerprint density at radius 1 is 0.972 bits per heavy atom. The molecule has 2 aromatic carbocycles. The van der Waals surface area contributed by atoms with Crippen LogP contribution in [0.5, 0.6) is 0 Å². The topological polar surface area (TPSA) is 86.8 Å². The number of carbonyl (C=O) groups is 2. The van der Waals surface area contributed by atoms with Gasteiger partial charge in [0.2, 0.25) is 21.8 Å². The SMILES string of the molecule is CC(C)c1ccc(N(CC(=O)N(Cc2c(Cl)cccc2Cl)C(C)C(=O)NC(C)(C)C)S(C)(=O)=O)cc1. The summed E-state index contributed by atoms with van der Waals surface area (Å²) in [6.07, 6.45) is 1.04. The molecule has 1 atom stereocenters. The van der Waals surface area contributed by atoms with Crippen LogP contribution >= 0.6 is 23.2 Å². The molecule has 0 bridgehead atoms. The fraction of sp³-hybridized carbons (Fsp3) is 0.462. The van der Waals surface area contributed by atoms with Crippen LogP contribution in [0.25, 0.3) is 0 Å². The molecule has 0 saturated carbocycles. The first-order valence-electron chi connectivity index (χ1n) is 11.6. The number of hydrogen-bond donors (Lipinski definition) is 1. The molecule has 36 heavy (non-hydrogen) atoms. The average molecular weight is 557 g/mol. The monoisotopic (exact) mass is 555 g/mol. The number of nitrogens with zero attached hydrogens (tertiary/aromatic N) is 2. The van der Waals surface area contributed by atoms with Crippen molar-refractivity contribution in [3.63, 3.8) is 0 Å². The van der Waals surface area contributed by atoms with Crippen LogP contribution in [0.4, 0.5) is 5.69 Å². The van der Waals surface area contributed by atoms with Crippen LogP contribution in [0.3, 0.4) is 0 Å². The van der Waals surface area contributed by atoms with Gasteiger partial charge >= 0.3 is 0 Å². The molecule has 2 amide bonds. The maximum Gasteiger partial charge on any atom is 0.244 e. The highest BCUT2D eigenvalue weighted by Gasteiger charge is 2.32. The van der Waals surface area contributed by atoms with Gasteiger partial charge in [0, 0.05) is 27.7 Å². The van der Waals surface area contributed by atoms with E-state index in [0.29, 0.717) is 21.3 Å². The zero-order valence-corrected chi connectivity index (χ0v) is 24.1. The summed E-state index contributed by atoms with van der Waals surface area (Å²) in [5, 5.41) is 3.55. The maximum atomic E-state index is 13.6. The molecule has 0 heterocycles. The third kappa shape index (κ3) is 8.11. The molecule has 7 nitrogen and oxygen atoms in total. The van der Waals surface area contributed by atoms with Crippen molar-refractivity contribution >= 4 is 50.7 Å². The molecular weight excluding hydrogens is 521 g/mol. The Morgan fingerprint density at radius 3 is 1.94 bits per heavy atom. The minimum atomic E-state index is -3.81. The number of amides is 2. The van der Waals surface area contributed by atoms with Gasteiger partial charge in [-0.05, 0) is 63.4 Å². The molecule has 198 valence electrons. The summed E-state index contributed by atoms with van der Waals surface area (Å²) >= 11 is 12.7. The lowest BCUT2D eigenvalue weighted by Crippen LogP contribution is -2.54. The van der Waals surface area contributed by atoms with E-state index < -0.39 is 34.1 Å². The number of nitrogens with one attached hydrogen (secondary N) is 1. The number of rotatable bonds is 9. The quantitative estimate of drug-likeness (QED) is 0.459. The summed E-state index contributed by atoms with van der Waals surface area (Å²) in [7, 11) is -3.81. The number of carbonyl (C=O) groups excluding carboxylic acids is 2. The lowest BCUT2D eigenvalue weighted by molar-refractivity contribution is -0.140. The summed E-state index contributed by atoms with van der Waals surface area (Å²) in [4.78, 5) is 28.0. The van der Waals surface area contributed by atoms with Crippen molar-refractivity contribution in [1.82, 2.24) is 10.2 Å². The van der Waals surface area contributed by atoms with Gasteiger partial charge in [0.1, 0.15) is 12.6 Å². The Bertz CT molecular complexity index is 1170. The fourth-order valence-electron chi connectivity index (χ4n) is 3.55. The first-order chi connectivity index (χ1) is 16.5. The summed E-state index contributed by atoms with van der Waals surface area (Å²) < 4.78 is 26.4. The van der Waals surface area contributed by atoms with Crippen LogP contribution in [0.15, 0.2) is 42.5 Å². The number of benzene rings is 2. The van der Waals surface area contributed by atoms with E-state index in [-0.39, 0.29) is 18.4 Å². The summed E-state index contributed by atoms with van der Waals surface area (Å²) in [6.45, 7) is 10.6. The molecule has 2 aromatic rings. The Kier molecular flexibility index (Phi) is 9.84. The van der Waals surface area contributed by atoms with Crippen molar-refractivity contribution < 1.29 is 18.0 Å². The average Bonchev–Trinajstić information content (AvgIpc) is 2.75. The molecule has 0 spiro atoms. The molecule has 0 saturated heterocycles. The third-order valence-electron chi connectivity index (χ3n) is 5.58. The predicted molar refractivity (Wildman–Crippen MR) is 147 cm³/mol. The van der Waals surface area contributed by atoms with Gasteiger partial charge in [0.15, 0.2) is 0 Å². The van der Waals surface area contributed by atoms with Gasteiger partial charge in [0.25, 0.3) is 0 Å². The van der Waals surface area contributed by atoms with Crippen LogP contribution in [0.2, 0.25) is 10.0 Å². The largest absolute Gasteiger partial charge is 0.350 e. The van der Waals surface area contributed by atoms with Crippen LogP contribution in [-0.4, -0.2) is 49.5 Å². The van der Waals surface area contributed by atoms with E-state index in [1.165, 1.54) is 4.90 Å². The highest BCUT2D eigenvalue weighted by Crippen LogP contribution is 2.27. The molecule has 2 rings (SSSR count). The van der Waals surface area contributed by atoms with Crippen molar-refractivity contribution in [2.75, 3.05) is 17.1 Å². The van der Waals surface area contributed by atoms with Crippen LogP contribution in [0.1, 0.15) is 58.6 Å². The van der Waals surface area contributed by atoms with Crippen molar-refractivity contribution in [3.05, 3.63) is 63.6 Å². The Morgan fingerprint density at radius 2 is 1.50 bits per heavy atom. The molecular formula is C26H35Cl2N3O4S. The molecule has 0 aliphatic rings.